The topological polar surface area (TPSA) is 67.6 Å². The van der Waals surface area contributed by atoms with E-state index in [0.717, 1.165) is 38.1 Å². The van der Waals surface area contributed by atoms with Crippen LogP contribution in [0, 0.1) is 0 Å². The van der Waals surface area contributed by atoms with Crippen molar-refractivity contribution in [2.24, 2.45) is 0 Å². The molecule has 1 amide bonds. The molecule has 116 valence electrons. The maximum absolute atomic E-state index is 11.9. The number of nitrogens with zero attached hydrogens (tertiary/aromatic N) is 1. The number of anilines is 1. The number of amides is 1. The number of carbonyl (C=O) groups excluding carboxylic acids is 1. The van der Waals surface area contributed by atoms with Crippen LogP contribution in [0.1, 0.15) is 25.7 Å². The second-order valence-electron chi connectivity index (χ2n) is 5.40. The smallest absolute Gasteiger partial charge is 0.237 e. The van der Waals surface area contributed by atoms with E-state index in [4.69, 9.17) is 10.5 Å². The van der Waals surface area contributed by atoms with E-state index in [1.54, 1.807) is 7.05 Å². The molecule has 1 aliphatic heterocycles. The van der Waals surface area contributed by atoms with Crippen molar-refractivity contribution in [2.45, 2.75) is 31.7 Å². The summed E-state index contributed by atoms with van der Waals surface area (Å²) in [7, 11) is 1.70. The van der Waals surface area contributed by atoms with Crippen molar-refractivity contribution in [3.8, 4) is 5.75 Å². The minimum atomic E-state index is 0.0190. The van der Waals surface area contributed by atoms with Crippen LogP contribution in [0.25, 0.3) is 0 Å². The summed E-state index contributed by atoms with van der Waals surface area (Å²) < 4.78 is 5.70. The van der Waals surface area contributed by atoms with E-state index in [9.17, 15) is 4.79 Å². The molecule has 1 unspecified atom stereocenters. The number of hydrogen-bond acceptors (Lipinski definition) is 4. The summed E-state index contributed by atoms with van der Waals surface area (Å²) in [5.41, 5.74) is 6.50. The summed E-state index contributed by atoms with van der Waals surface area (Å²) in [5, 5.41) is 2.76. The first-order chi connectivity index (χ1) is 10.2. The van der Waals surface area contributed by atoms with Gasteiger partial charge in [-0.25, -0.2) is 0 Å². The van der Waals surface area contributed by atoms with Crippen molar-refractivity contribution in [2.75, 3.05) is 32.5 Å². The van der Waals surface area contributed by atoms with Crippen molar-refractivity contribution >= 4 is 11.6 Å². The van der Waals surface area contributed by atoms with E-state index in [-0.39, 0.29) is 11.9 Å². The Bertz CT molecular complexity index is 465. The molecule has 0 spiro atoms. The Morgan fingerprint density at radius 2 is 2.24 bits per heavy atom. The van der Waals surface area contributed by atoms with Crippen molar-refractivity contribution in [1.82, 2.24) is 10.2 Å². The Morgan fingerprint density at radius 1 is 1.43 bits per heavy atom. The summed E-state index contributed by atoms with van der Waals surface area (Å²) in [4.78, 5) is 14.1. The van der Waals surface area contributed by atoms with E-state index in [0.29, 0.717) is 12.3 Å². The number of nitrogen functional groups attached to an aromatic ring is 1. The highest BCUT2D eigenvalue weighted by Gasteiger charge is 2.27. The number of likely N-dealkylation sites (N-methyl/N-ethyl adjacent to an activating group) is 1. The predicted molar refractivity (Wildman–Crippen MR) is 84.2 cm³/mol. The molecule has 3 N–H and O–H groups in total. The van der Waals surface area contributed by atoms with Gasteiger partial charge in [0.15, 0.2) is 0 Å². The quantitative estimate of drug-likeness (QED) is 0.617. The van der Waals surface area contributed by atoms with Gasteiger partial charge in [-0.1, -0.05) is 18.6 Å². The lowest BCUT2D eigenvalue weighted by Gasteiger charge is -2.34. The van der Waals surface area contributed by atoms with Crippen LogP contribution in [0.5, 0.6) is 5.75 Å². The molecular formula is C16H25N3O2. The Balaban J connectivity index is 1.76. The third-order valence-electron chi connectivity index (χ3n) is 3.93. The normalized spacial score (nSPS) is 19.2. The molecule has 1 heterocycles. The van der Waals surface area contributed by atoms with Gasteiger partial charge in [0.2, 0.25) is 5.91 Å². The number of nitrogens with one attached hydrogen (secondary N) is 1. The fraction of sp³-hybridized carbons (Fsp3) is 0.562. The van der Waals surface area contributed by atoms with Crippen LogP contribution in [-0.2, 0) is 4.79 Å². The zero-order valence-electron chi connectivity index (χ0n) is 12.7. The van der Waals surface area contributed by atoms with Gasteiger partial charge >= 0.3 is 0 Å². The molecule has 0 aromatic heterocycles. The van der Waals surface area contributed by atoms with E-state index < -0.39 is 0 Å². The molecule has 1 aliphatic rings. The van der Waals surface area contributed by atoms with Crippen molar-refractivity contribution < 1.29 is 9.53 Å². The fourth-order valence-electron chi connectivity index (χ4n) is 2.78. The number of para-hydroxylation sites is 2. The third-order valence-corrected chi connectivity index (χ3v) is 3.93. The van der Waals surface area contributed by atoms with Crippen LogP contribution < -0.4 is 15.8 Å². The number of hydrogen-bond donors (Lipinski definition) is 2. The van der Waals surface area contributed by atoms with Gasteiger partial charge in [0.25, 0.3) is 0 Å². The molecule has 2 rings (SSSR count). The minimum absolute atomic E-state index is 0.0190. The third kappa shape index (κ3) is 4.36. The number of ether oxygens (including phenoxy) is 1. The predicted octanol–water partition coefficient (Wildman–Crippen LogP) is 1.64. The maximum Gasteiger partial charge on any atom is 0.237 e. The van der Waals surface area contributed by atoms with Gasteiger partial charge in [0.1, 0.15) is 5.75 Å². The highest BCUT2D eigenvalue weighted by atomic mass is 16.5. The molecule has 1 aromatic rings. The number of likely N-dealkylation sites (tertiary alicyclic amines) is 1. The zero-order chi connectivity index (χ0) is 15.1. The van der Waals surface area contributed by atoms with Crippen LogP contribution in [0.2, 0.25) is 0 Å². The zero-order valence-corrected chi connectivity index (χ0v) is 12.7. The van der Waals surface area contributed by atoms with Gasteiger partial charge in [-0.15, -0.1) is 0 Å². The second kappa shape index (κ2) is 7.88. The average molecular weight is 291 g/mol. The molecule has 1 saturated heterocycles. The number of piperidine rings is 1. The Morgan fingerprint density at radius 3 is 3.00 bits per heavy atom. The van der Waals surface area contributed by atoms with Gasteiger partial charge in [-0.3, -0.25) is 9.69 Å². The molecule has 1 atom stereocenters. The molecule has 1 fully saturated rings. The van der Waals surface area contributed by atoms with Crippen molar-refractivity contribution in [3.63, 3.8) is 0 Å². The summed E-state index contributed by atoms with van der Waals surface area (Å²) in [6.45, 7) is 2.49. The maximum atomic E-state index is 11.9. The van der Waals surface area contributed by atoms with E-state index in [1.165, 1.54) is 6.42 Å². The van der Waals surface area contributed by atoms with Crippen LogP contribution in [0.15, 0.2) is 24.3 Å². The van der Waals surface area contributed by atoms with Crippen molar-refractivity contribution in [1.29, 1.82) is 0 Å². The molecule has 0 saturated carbocycles. The Labute approximate surface area is 126 Å². The summed E-state index contributed by atoms with van der Waals surface area (Å²) >= 11 is 0. The number of benzene rings is 1. The van der Waals surface area contributed by atoms with E-state index >= 15 is 0 Å². The number of carbonyl (C=O) groups is 1. The van der Waals surface area contributed by atoms with Gasteiger partial charge < -0.3 is 15.8 Å². The monoisotopic (exact) mass is 291 g/mol. The van der Waals surface area contributed by atoms with Crippen molar-refractivity contribution in [3.05, 3.63) is 24.3 Å². The molecule has 21 heavy (non-hydrogen) atoms. The van der Waals surface area contributed by atoms with Gasteiger partial charge in [-0.05, 0) is 37.9 Å². The minimum Gasteiger partial charge on any atom is -0.491 e. The molecule has 5 heteroatoms. The first-order valence-electron chi connectivity index (χ1n) is 7.65. The lowest BCUT2D eigenvalue weighted by Crippen LogP contribution is -2.49. The molecule has 1 aromatic carbocycles. The van der Waals surface area contributed by atoms with Crippen LogP contribution in [0.4, 0.5) is 5.69 Å². The largest absolute Gasteiger partial charge is 0.491 e. The summed E-state index contributed by atoms with van der Waals surface area (Å²) in [6, 6.07) is 7.54. The average Bonchev–Trinajstić information content (AvgIpc) is 2.52. The molecule has 5 nitrogen and oxygen atoms in total. The number of nitrogens with two attached hydrogens (primary N) is 1. The van der Waals surface area contributed by atoms with Gasteiger partial charge in [-0.2, -0.15) is 0 Å². The summed E-state index contributed by atoms with van der Waals surface area (Å²) in [6.07, 6.45) is 4.14. The first kappa shape index (κ1) is 15.6. The van der Waals surface area contributed by atoms with Gasteiger partial charge in [0.05, 0.1) is 18.3 Å². The molecule has 0 radical (unpaired) electrons. The second-order valence-corrected chi connectivity index (χ2v) is 5.40. The Kier molecular flexibility index (Phi) is 5.87. The van der Waals surface area contributed by atoms with Crippen LogP contribution >= 0.6 is 0 Å². The summed E-state index contributed by atoms with van der Waals surface area (Å²) in [5.74, 6) is 0.863. The molecule has 0 bridgehead atoms. The molecular weight excluding hydrogens is 266 g/mol. The van der Waals surface area contributed by atoms with Crippen LogP contribution in [0.3, 0.4) is 0 Å². The SMILES string of the molecule is CNC(=O)C1CCCCN1CCCOc1ccccc1N. The lowest BCUT2D eigenvalue weighted by atomic mass is 10.0. The molecule has 0 aliphatic carbocycles. The lowest BCUT2D eigenvalue weighted by molar-refractivity contribution is -0.127. The highest BCUT2D eigenvalue weighted by molar-refractivity contribution is 5.81. The van der Waals surface area contributed by atoms with Crippen LogP contribution in [-0.4, -0.2) is 43.6 Å². The van der Waals surface area contributed by atoms with E-state index in [2.05, 4.69) is 10.2 Å². The fourth-order valence-corrected chi connectivity index (χ4v) is 2.78. The first-order valence-corrected chi connectivity index (χ1v) is 7.65. The Hall–Kier alpha value is -1.75. The standard InChI is InChI=1S/C16H25N3O2/c1-18-16(20)14-8-4-5-10-19(14)11-6-12-21-15-9-3-2-7-13(15)17/h2-3,7,9,14H,4-6,8,10-12,17H2,1H3,(H,18,20). The number of rotatable bonds is 6. The highest BCUT2D eigenvalue weighted by Crippen LogP contribution is 2.20. The van der Waals surface area contributed by atoms with Gasteiger partial charge in [0, 0.05) is 13.6 Å². The van der Waals surface area contributed by atoms with E-state index in [1.807, 2.05) is 24.3 Å².